The summed E-state index contributed by atoms with van der Waals surface area (Å²) in [5, 5.41) is 10.0. The first kappa shape index (κ1) is 25.0. The Bertz CT molecular complexity index is 1150. The summed E-state index contributed by atoms with van der Waals surface area (Å²) in [5.41, 5.74) is 4.01. The van der Waals surface area contributed by atoms with Gasteiger partial charge < -0.3 is 14.8 Å². The molecular weight excluding hydrogens is 430 g/mol. The predicted molar refractivity (Wildman–Crippen MR) is 132 cm³/mol. The highest BCUT2D eigenvalue weighted by molar-refractivity contribution is 5.93. The van der Waals surface area contributed by atoms with Crippen molar-refractivity contribution in [2.24, 2.45) is 0 Å². The smallest absolute Gasteiger partial charge is 0.349 e. The molecule has 3 rings (SSSR count). The maximum atomic E-state index is 12.6. The molecule has 0 aliphatic rings. The van der Waals surface area contributed by atoms with Gasteiger partial charge in [0.15, 0.2) is 5.60 Å². The van der Waals surface area contributed by atoms with Gasteiger partial charge in [-0.1, -0.05) is 50.2 Å². The molecule has 0 spiro atoms. The Hall–Kier alpha value is -3.61. The van der Waals surface area contributed by atoms with Gasteiger partial charge in [0.1, 0.15) is 11.4 Å². The third kappa shape index (κ3) is 6.04. The summed E-state index contributed by atoms with van der Waals surface area (Å²) in [6.07, 6.45) is 0. The average Bonchev–Trinajstić information content (AvgIpc) is 3.29. The normalized spacial score (nSPS) is 11.4. The van der Waals surface area contributed by atoms with Crippen molar-refractivity contribution in [3.8, 4) is 17.0 Å². The van der Waals surface area contributed by atoms with Crippen molar-refractivity contribution >= 4 is 11.9 Å². The molecule has 1 heterocycles. The van der Waals surface area contributed by atoms with E-state index in [1.807, 2.05) is 31.2 Å². The Morgan fingerprint density at radius 3 is 2.41 bits per heavy atom. The van der Waals surface area contributed by atoms with E-state index in [1.54, 1.807) is 32.9 Å². The minimum atomic E-state index is -1.09. The third-order valence-electron chi connectivity index (χ3n) is 5.52. The molecule has 0 aliphatic carbocycles. The summed E-state index contributed by atoms with van der Waals surface area (Å²) in [6.45, 7) is 12.0. The number of nitrogens with one attached hydrogen (secondary N) is 2. The number of amides is 1. The molecule has 0 saturated carbocycles. The quantitative estimate of drug-likeness (QED) is 0.428. The summed E-state index contributed by atoms with van der Waals surface area (Å²) < 4.78 is 11.0. The van der Waals surface area contributed by atoms with Crippen LogP contribution in [0.1, 0.15) is 67.7 Å². The maximum absolute atomic E-state index is 12.6. The molecule has 2 aromatic carbocycles. The molecule has 3 aromatic rings. The topological polar surface area (TPSA) is 93.3 Å². The van der Waals surface area contributed by atoms with Crippen molar-refractivity contribution < 1.29 is 19.1 Å². The van der Waals surface area contributed by atoms with Gasteiger partial charge in [-0.25, -0.2) is 4.79 Å². The number of nitrogens with zero attached hydrogens (tertiary/aromatic N) is 1. The highest BCUT2D eigenvalue weighted by atomic mass is 16.6. The zero-order valence-corrected chi connectivity index (χ0v) is 20.7. The fraction of sp³-hybridized carbons (Fsp3) is 0.370. The largest absolute Gasteiger partial charge is 0.476 e. The second-order valence-electron chi connectivity index (χ2n) is 9.06. The number of aromatic nitrogens is 2. The van der Waals surface area contributed by atoms with Crippen LogP contribution in [0.4, 0.5) is 0 Å². The lowest BCUT2D eigenvalue weighted by Gasteiger charge is -2.25. The second-order valence-corrected chi connectivity index (χ2v) is 9.06. The number of aromatic amines is 1. The molecule has 2 N–H and O–H groups in total. The summed E-state index contributed by atoms with van der Waals surface area (Å²) in [7, 11) is 0. The number of carbonyl (C=O) groups is 2. The third-order valence-corrected chi connectivity index (χ3v) is 5.52. The Labute approximate surface area is 200 Å². The van der Waals surface area contributed by atoms with Crippen molar-refractivity contribution in [3.63, 3.8) is 0 Å². The Kier molecular flexibility index (Phi) is 7.76. The van der Waals surface area contributed by atoms with Crippen LogP contribution >= 0.6 is 0 Å². The Balaban J connectivity index is 1.61. The average molecular weight is 464 g/mol. The van der Waals surface area contributed by atoms with Gasteiger partial charge in [0.25, 0.3) is 5.91 Å². The number of H-pyrrole nitrogens is 1. The lowest BCUT2D eigenvalue weighted by atomic mass is 10.0. The van der Waals surface area contributed by atoms with Crippen LogP contribution in [0.5, 0.6) is 5.75 Å². The first-order valence-electron chi connectivity index (χ1n) is 11.5. The second kappa shape index (κ2) is 10.5. The fourth-order valence-corrected chi connectivity index (χ4v) is 3.46. The lowest BCUT2D eigenvalue weighted by molar-refractivity contribution is -0.158. The molecule has 7 heteroatoms. The molecule has 0 saturated heterocycles. The summed E-state index contributed by atoms with van der Waals surface area (Å²) >= 11 is 0. The lowest BCUT2D eigenvalue weighted by Crippen LogP contribution is -2.39. The molecule has 180 valence electrons. The van der Waals surface area contributed by atoms with Crippen molar-refractivity contribution in [1.29, 1.82) is 0 Å². The number of esters is 1. The van der Waals surface area contributed by atoms with Crippen LogP contribution in [-0.2, 0) is 16.1 Å². The molecular formula is C27H33N3O4. The summed E-state index contributed by atoms with van der Waals surface area (Å²) in [4.78, 5) is 24.7. The van der Waals surface area contributed by atoms with Crippen molar-refractivity contribution in [3.05, 3.63) is 70.9 Å². The summed E-state index contributed by atoms with van der Waals surface area (Å²) in [5.74, 6) is 0.400. The predicted octanol–water partition coefficient (Wildman–Crippen LogP) is 5.16. The van der Waals surface area contributed by atoms with Crippen molar-refractivity contribution in [2.45, 2.75) is 59.6 Å². The number of hydrogen-bond acceptors (Lipinski definition) is 5. The molecule has 1 aromatic heterocycles. The molecule has 34 heavy (non-hydrogen) atoms. The van der Waals surface area contributed by atoms with Crippen LogP contribution in [0, 0.1) is 6.92 Å². The molecule has 0 fully saturated rings. The van der Waals surface area contributed by atoms with E-state index in [4.69, 9.17) is 9.47 Å². The van der Waals surface area contributed by atoms with E-state index >= 15 is 0 Å². The van der Waals surface area contributed by atoms with Crippen LogP contribution in [-0.4, -0.2) is 34.3 Å². The van der Waals surface area contributed by atoms with Gasteiger partial charge in [-0.3, -0.25) is 9.89 Å². The van der Waals surface area contributed by atoms with Crippen LogP contribution in [0.2, 0.25) is 0 Å². The van der Waals surface area contributed by atoms with Crippen LogP contribution in [0.3, 0.4) is 0 Å². The first-order valence-corrected chi connectivity index (χ1v) is 11.5. The number of aryl methyl sites for hydroxylation is 1. The molecule has 1 amide bonds. The van der Waals surface area contributed by atoms with Crippen LogP contribution in [0.15, 0.2) is 48.5 Å². The SMILES string of the molecule is CCOC(=O)C(C)(C)Oc1ccc(CNC(=O)c2cc(-c3ccc(C(C)C)cc3)n[nH]2)cc1C. The summed E-state index contributed by atoms with van der Waals surface area (Å²) in [6, 6.07) is 15.5. The van der Waals surface area contributed by atoms with E-state index in [2.05, 4.69) is 41.5 Å². The van der Waals surface area contributed by atoms with Gasteiger partial charge in [0.2, 0.25) is 0 Å². The number of rotatable bonds is 9. The van der Waals surface area contributed by atoms with E-state index in [-0.39, 0.29) is 5.91 Å². The number of hydrogen-bond donors (Lipinski definition) is 2. The standard InChI is InChI=1S/C27H33N3O4/c1-7-33-26(32)27(5,6)34-24-13-8-19(14-18(24)4)16-28-25(31)23-15-22(29-30-23)21-11-9-20(10-12-21)17(2)3/h8-15,17H,7,16H2,1-6H3,(H,28,31)(H,29,30). The van der Waals surface area contributed by atoms with E-state index in [0.717, 1.165) is 22.4 Å². The molecule has 0 radical (unpaired) electrons. The van der Waals surface area contributed by atoms with Gasteiger partial charge in [-0.2, -0.15) is 5.10 Å². The van der Waals surface area contributed by atoms with Gasteiger partial charge >= 0.3 is 5.97 Å². The van der Waals surface area contributed by atoms with E-state index in [9.17, 15) is 9.59 Å². The van der Waals surface area contributed by atoms with Crippen molar-refractivity contribution in [2.75, 3.05) is 6.61 Å². The zero-order valence-electron chi connectivity index (χ0n) is 20.7. The minimum Gasteiger partial charge on any atom is -0.476 e. The number of carbonyl (C=O) groups excluding carboxylic acids is 2. The monoisotopic (exact) mass is 463 g/mol. The first-order chi connectivity index (χ1) is 16.1. The number of benzene rings is 2. The zero-order chi connectivity index (χ0) is 24.9. The highest BCUT2D eigenvalue weighted by Crippen LogP contribution is 2.25. The van der Waals surface area contributed by atoms with Gasteiger partial charge in [0, 0.05) is 12.1 Å². The minimum absolute atomic E-state index is 0.237. The molecule has 0 aliphatic heterocycles. The van der Waals surface area contributed by atoms with Gasteiger partial charge in [-0.15, -0.1) is 0 Å². The Morgan fingerprint density at radius 2 is 1.79 bits per heavy atom. The van der Waals surface area contributed by atoms with Gasteiger partial charge in [-0.05, 0) is 62.4 Å². The fourth-order valence-electron chi connectivity index (χ4n) is 3.46. The van der Waals surface area contributed by atoms with Crippen molar-refractivity contribution in [1.82, 2.24) is 15.5 Å². The van der Waals surface area contributed by atoms with E-state index in [0.29, 0.717) is 30.5 Å². The van der Waals surface area contributed by atoms with Gasteiger partial charge in [0.05, 0.1) is 12.3 Å². The maximum Gasteiger partial charge on any atom is 0.349 e. The van der Waals surface area contributed by atoms with Crippen LogP contribution in [0.25, 0.3) is 11.3 Å². The highest BCUT2D eigenvalue weighted by Gasteiger charge is 2.32. The van der Waals surface area contributed by atoms with Crippen LogP contribution < -0.4 is 10.1 Å². The molecule has 7 nitrogen and oxygen atoms in total. The molecule has 0 bridgehead atoms. The molecule has 0 unspecified atom stereocenters. The number of ether oxygens (including phenoxy) is 2. The van der Waals surface area contributed by atoms with E-state index < -0.39 is 11.6 Å². The van der Waals surface area contributed by atoms with E-state index in [1.165, 1.54) is 5.56 Å². The Morgan fingerprint density at radius 1 is 1.09 bits per heavy atom. The molecule has 0 atom stereocenters.